The molecule has 204 valence electrons. The Morgan fingerprint density at radius 2 is 1.66 bits per heavy atom. The fourth-order valence-corrected chi connectivity index (χ4v) is 5.06. The zero-order chi connectivity index (χ0) is 28.5. The molecule has 2 aromatic rings. The number of aromatic carboxylic acids is 1. The van der Waals surface area contributed by atoms with Crippen LogP contribution in [0.4, 0.5) is 0 Å². The van der Waals surface area contributed by atoms with Crippen molar-refractivity contribution in [2.75, 3.05) is 11.5 Å². The van der Waals surface area contributed by atoms with E-state index >= 15 is 0 Å². The van der Waals surface area contributed by atoms with E-state index in [0.717, 1.165) is 18.2 Å². The first kappa shape index (κ1) is 30.5. The molecule has 0 aliphatic rings. The predicted molar refractivity (Wildman–Crippen MR) is 137 cm³/mol. The van der Waals surface area contributed by atoms with Gasteiger partial charge in [-0.3, -0.25) is 19.2 Å². The Balaban J connectivity index is 2.02. The normalized spacial score (nSPS) is 11.9. The number of carbonyl (C=O) groups is 5. The van der Waals surface area contributed by atoms with Crippen molar-refractivity contribution in [2.24, 2.45) is 0 Å². The molecule has 0 aliphatic carbocycles. The first-order valence-corrected chi connectivity index (χ1v) is 13.7. The van der Waals surface area contributed by atoms with Crippen LogP contribution in [0, 0.1) is 0 Å². The summed E-state index contributed by atoms with van der Waals surface area (Å²) in [6, 6.07) is 7.19. The minimum atomic E-state index is -4.13. The highest BCUT2D eigenvalue weighted by molar-refractivity contribution is 7.99. The van der Waals surface area contributed by atoms with Gasteiger partial charge in [0.1, 0.15) is 17.1 Å². The van der Waals surface area contributed by atoms with Gasteiger partial charge < -0.3 is 20.6 Å². The molecular weight excluding hydrogens is 540 g/mol. The summed E-state index contributed by atoms with van der Waals surface area (Å²) in [5, 5.41) is 30.1. The van der Waals surface area contributed by atoms with Crippen LogP contribution in [0.25, 0.3) is 0 Å². The number of benzene rings is 2. The number of nitrogens with one attached hydrogen (secondary N) is 2. The van der Waals surface area contributed by atoms with Crippen molar-refractivity contribution in [3.8, 4) is 5.75 Å². The van der Waals surface area contributed by atoms with Gasteiger partial charge in [0.2, 0.25) is 10.0 Å². The summed E-state index contributed by atoms with van der Waals surface area (Å²) in [6.07, 6.45) is -0.340. The number of sulfonamides is 1. The van der Waals surface area contributed by atoms with Crippen molar-refractivity contribution in [1.29, 1.82) is 0 Å². The molecule has 2 aromatic carbocycles. The molecule has 0 saturated carbocycles. The number of carbonyl (C=O) groups excluding carboxylic acids is 3. The summed E-state index contributed by atoms with van der Waals surface area (Å²) in [5.41, 5.74) is -0.0198. The number of hydrogen-bond acceptors (Lipinski definition) is 9. The maximum Gasteiger partial charge on any atom is 0.339 e. The average Bonchev–Trinajstić information content (AvgIpc) is 2.84. The molecule has 0 aromatic heterocycles. The van der Waals surface area contributed by atoms with Crippen LogP contribution in [-0.4, -0.2) is 70.7 Å². The van der Waals surface area contributed by atoms with Crippen LogP contribution in [0.15, 0.2) is 47.4 Å². The third-order valence-corrected chi connectivity index (χ3v) is 7.49. The number of ketones is 2. The summed E-state index contributed by atoms with van der Waals surface area (Å²) in [5.74, 6) is -4.26. The lowest BCUT2D eigenvalue weighted by Crippen LogP contribution is -2.43. The highest BCUT2D eigenvalue weighted by atomic mass is 32.2. The average molecular weight is 567 g/mol. The smallest absolute Gasteiger partial charge is 0.339 e. The Bertz CT molecular complexity index is 1320. The van der Waals surface area contributed by atoms with E-state index < -0.39 is 57.4 Å². The maximum absolute atomic E-state index is 12.6. The Labute approximate surface area is 222 Å². The van der Waals surface area contributed by atoms with E-state index in [0.29, 0.717) is 11.3 Å². The Hall–Kier alpha value is -3.75. The van der Waals surface area contributed by atoms with E-state index in [1.807, 2.05) is 0 Å². The van der Waals surface area contributed by atoms with Gasteiger partial charge in [-0.2, -0.15) is 11.8 Å². The highest BCUT2D eigenvalue weighted by Crippen LogP contribution is 2.21. The van der Waals surface area contributed by atoms with E-state index in [1.165, 1.54) is 43.0 Å². The molecule has 0 radical (unpaired) electrons. The Morgan fingerprint density at radius 3 is 2.24 bits per heavy atom. The summed E-state index contributed by atoms with van der Waals surface area (Å²) in [6.45, 7) is 1.22. The third kappa shape index (κ3) is 9.28. The number of rotatable bonds is 15. The summed E-state index contributed by atoms with van der Waals surface area (Å²) in [4.78, 5) is 58.0. The molecule has 0 fully saturated rings. The molecule has 0 saturated heterocycles. The molecule has 1 atom stereocenters. The van der Waals surface area contributed by atoms with Gasteiger partial charge in [0.05, 0.1) is 23.1 Å². The summed E-state index contributed by atoms with van der Waals surface area (Å²) < 4.78 is 27.3. The van der Waals surface area contributed by atoms with Gasteiger partial charge in [0, 0.05) is 24.3 Å². The molecule has 0 spiro atoms. The van der Waals surface area contributed by atoms with Crippen molar-refractivity contribution in [3.63, 3.8) is 0 Å². The number of aliphatic carboxylic acids is 1. The van der Waals surface area contributed by atoms with Crippen molar-refractivity contribution in [2.45, 2.75) is 37.2 Å². The molecule has 0 bridgehead atoms. The van der Waals surface area contributed by atoms with E-state index in [2.05, 4.69) is 10.0 Å². The lowest BCUT2D eigenvalue weighted by Gasteiger charge is -2.16. The predicted octanol–water partition coefficient (Wildman–Crippen LogP) is 1.42. The van der Waals surface area contributed by atoms with Gasteiger partial charge in [-0.1, -0.05) is 12.1 Å². The molecular formula is C24H26N2O10S2. The molecule has 1 amide bonds. The van der Waals surface area contributed by atoms with Crippen molar-refractivity contribution in [1.82, 2.24) is 10.0 Å². The van der Waals surface area contributed by atoms with Crippen LogP contribution in [0.1, 0.15) is 46.0 Å². The van der Waals surface area contributed by atoms with E-state index in [4.69, 9.17) is 10.2 Å². The lowest BCUT2D eigenvalue weighted by molar-refractivity contribution is -0.139. The van der Waals surface area contributed by atoms with Crippen LogP contribution in [-0.2, 0) is 31.0 Å². The first-order valence-electron chi connectivity index (χ1n) is 11.1. The van der Waals surface area contributed by atoms with Gasteiger partial charge in [-0.05, 0) is 42.8 Å². The van der Waals surface area contributed by atoms with Gasteiger partial charge >= 0.3 is 11.9 Å². The number of Topliss-reactive ketones (excluding diaryl/α,β-unsaturated/α-hetero) is 2. The zero-order valence-electron chi connectivity index (χ0n) is 20.2. The number of carboxylic acid groups (broad SMARTS) is 2. The number of thioether (sulfide) groups is 1. The second-order valence-electron chi connectivity index (χ2n) is 8.10. The monoisotopic (exact) mass is 566 g/mol. The standard InChI is InChI=1S/C24H26N2O10S2/c1-14(27)8-9-37-13-21(29)19(11-22(30)31)26-23(32)16-4-2-15(3-5-16)12-25-38(35,36)17-6-7-20(28)18(10-17)24(33)34/h2-7,10,19,25,28H,8-9,11-13H2,1H3,(H,26,32)(H,30,31)(H,33,34)/t19-/m0/s1. The maximum atomic E-state index is 12.6. The molecule has 0 unspecified atom stereocenters. The van der Waals surface area contributed by atoms with E-state index in [1.54, 1.807) is 0 Å². The lowest BCUT2D eigenvalue weighted by atomic mass is 10.1. The Kier molecular flexibility index (Phi) is 11.0. The van der Waals surface area contributed by atoms with Gasteiger partial charge in [0.25, 0.3) is 5.91 Å². The first-order chi connectivity index (χ1) is 17.8. The van der Waals surface area contributed by atoms with E-state index in [9.17, 15) is 37.5 Å². The topological polar surface area (TPSA) is 204 Å². The molecule has 0 aliphatic heterocycles. The van der Waals surface area contributed by atoms with Gasteiger partial charge in [-0.25, -0.2) is 17.9 Å². The summed E-state index contributed by atoms with van der Waals surface area (Å²) in [7, 11) is -4.13. The van der Waals surface area contributed by atoms with Crippen molar-refractivity contribution < 1.29 is 47.7 Å². The van der Waals surface area contributed by atoms with Crippen molar-refractivity contribution in [3.05, 3.63) is 59.2 Å². The number of amides is 1. The molecule has 5 N–H and O–H groups in total. The number of phenols is 1. The van der Waals surface area contributed by atoms with Gasteiger partial charge in [-0.15, -0.1) is 0 Å². The van der Waals surface area contributed by atoms with Crippen LogP contribution in [0.3, 0.4) is 0 Å². The number of aromatic hydroxyl groups is 1. The SMILES string of the molecule is CC(=O)CCSCC(=O)[C@H](CC(=O)O)NC(=O)c1ccc(CNS(=O)(=O)c2ccc(O)c(C(=O)O)c2)cc1. The van der Waals surface area contributed by atoms with Crippen molar-refractivity contribution >= 4 is 51.2 Å². The third-order valence-electron chi connectivity index (χ3n) is 5.11. The molecule has 2 rings (SSSR count). The summed E-state index contributed by atoms with van der Waals surface area (Å²) >= 11 is 1.17. The number of hydrogen-bond donors (Lipinski definition) is 5. The van der Waals surface area contributed by atoms with Crippen LogP contribution in [0.5, 0.6) is 5.75 Å². The zero-order valence-corrected chi connectivity index (χ0v) is 21.8. The van der Waals surface area contributed by atoms with Gasteiger partial charge in [0.15, 0.2) is 5.78 Å². The molecule has 14 heteroatoms. The number of carboxylic acids is 2. The Morgan fingerprint density at radius 1 is 1.00 bits per heavy atom. The molecule has 0 heterocycles. The molecule has 38 heavy (non-hydrogen) atoms. The highest BCUT2D eigenvalue weighted by Gasteiger charge is 2.24. The van der Waals surface area contributed by atoms with E-state index in [-0.39, 0.29) is 35.0 Å². The minimum absolute atomic E-state index is 0.0377. The largest absolute Gasteiger partial charge is 0.507 e. The minimum Gasteiger partial charge on any atom is -0.507 e. The molecule has 12 nitrogen and oxygen atoms in total. The fourth-order valence-electron chi connectivity index (χ4n) is 3.04. The van der Waals surface area contributed by atoms with Crippen LogP contribution >= 0.6 is 11.8 Å². The van der Waals surface area contributed by atoms with Crippen LogP contribution < -0.4 is 10.0 Å². The fraction of sp³-hybridized carbons (Fsp3) is 0.292. The quantitative estimate of drug-likeness (QED) is 0.195. The second-order valence-corrected chi connectivity index (χ2v) is 11.0. The second kappa shape index (κ2) is 13.7. The van der Waals surface area contributed by atoms with Crippen LogP contribution in [0.2, 0.25) is 0 Å².